The highest BCUT2D eigenvalue weighted by molar-refractivity contribution is 5.96. The van der Waals surface area contributed by atoms with Crippen LogP contribution in [0.25, 0.3) is 6.08 Å². The monoisotopic (exact) mass is 246 g/mol. The number of carboxylic acids is 2. The first-order valence-electron chi connectivity index (χ1n) is 4.99. The molecule has 0 spiro atoms. The molecule has 0 atom stereocenters. The van der Waals surface area contributed by atoms with Crippen LogP contribution in [0.2, 0.25) is 0 Å². The maximum atomic E-state index is 10.1. The second-order valence-electron chi connectivity index (χ2n) is 3.06. The van der Waals surface area contributed by atoms with Crippen molar-refractivity contribution in [3.8, 4) is 0 Å². The van der Waals surface area contributed by atoms with Gasteiger partial charge in [0.1, 0.15) is 0 Å². The minimum absolute atomic E-state index is 0.326. The predicted molar refractivity (Wildman–Crippen MR) is 70.1 cm³/mol. The van der Waals surface area contributed by atoms with Gasteiger partial charge in [-0.25, -0.2) is 9.59 Å². The van der Waals surface area contributed by atoms with E-state index in [1.54, 1.807) is 0 Å². The van der Waals surface area contributed by atoms with E-state index in [-0.39, 0.29) is 5.57 Å². The van der Waals surface area contributed by atoms with E-state index in [0.717, 1.165) is 6.08 Å². The van der Waals surface area contributed by atoms with Gasteiger partial charge in [-0.3, -0.25) is 0 Å². The molecule has 1 rings (SSSR count). The molecule has 4 heteroatoms. The van der Waals surface area contributed by atoms with Crippen molar-refractivity contribution in [2.75, 3.05) is 0 Å². The Bertz CT molecular complexity index is 458. The van der Waals surface area contributed by atoms with E-state index in [2.05, 4.69) is 13.2 Å². The Balaban J connectivity index is 0.000000327. The van der Waals surface area contributed by atoms with Crippen LogP contribution in [0.3, 0.4) is 0 Å². The second kappa shape index (κ2) is 8.52. The van der Waals surface area contributed by atoms with E-state index in [1.807, 2.05) is 36.4 Å². The van der Waals surface area contributed by atoms with Crippen LogP contribution < -0.4 is 0 Å². The van der Waals surface area contributed by atoms with Crippen LogP contribution in [0.4, 0.5) is 0 Å². The van der Waals surface area contributed by atoms with Crippen LogP contribution in [-0.4, -0.2) is 22.2 Å². The van der Waals surface area contributed by atoms with Gasteiger partial charge in [-0.1, -0.05) is 55.6 Å². The quantitative estimate of drug-likeness (QED) is 0.632. The molecular formula is C14H14O4. The molecule has 1 aromatic carbocycles. The number of carbonyl (C=O) groups is 2. The van der Waals surface area contributed by atoms with Crippen LogP contribution >= 0.6 is 0 Å². The molecular weight excluding hydrogens is 232 g/mol. The van der Waals surface area contributed by atoms with Crippen molar-refractivity contribution in [1.29, 1.82) is 0 Å². The molecule has 2 N–H and O–H groups in total. The average Bonchev–Trinajstić information content (AvgIpc) is 2.37. The van der Waals surface area contributed by atoms with Crippen molar-refractivity contribution in [3.05, 3.63) is 66.8 Å². The minimum Gasteiger partial charge on any atom is -0.478 e. The lowest BCUT2D eigenvalue weighted by Gasteiger charge is -1.88. The van der Waals surface area contributed by atoms with Gasteiger partial charge in [0, 0.05) is 6.08 Å². The predicted octanol–water partition coefficient (Wildman–Crippen LogP) is 2.60. The van der Waals surface area contributed by atoms with Crippen LogP contribution in [-0.2, 0) is 9.59 Å². The van der Waals surface area contributed by atoms with Gasteiger partial charge < -0.3 is 10.2 Å². The number of carboxylic acid groups (broad SMARTS) is 2. The number of rotatable bonds is 4. The van der Waals surface area contributed by atoms with Crippen LogP contribution in [0.1, 0.15) is 5.56 Å². The summed E-state index contributed by atoms with van der Waals surface area (Å²) < 4.78 is 0. The average molecular weight is 246 g/mol. The fraction of sp³-hybridized carbons (Fsp3) is 0. The summed E-state index contributed by atoms with van der Waals surface area (Å²) in [6, 6.07) is 10.0. The van der Waals surface area contributed by atoms with Gasteiger partial charge in [-0.15, -0.1) is 0 Å². The molecule has 0 aliphatic rings. The van der Waals surface area contributed by atoms with Gasteiger partial charge in [0.15, 0.2) is 0 Å². The molecule has 0 aliphatic carbocycles. The summed E-state index contributed by atoms with van der Waals surface area (Å²) in [5.74, 6) is -2.59. The SMILES string of the molecule is C=C/C(=C/C(=O)O)C(=O)O.C=Cc1ccccc1. The molecule has 0 heterocycles. The van der Waals surface area contributed by atoms with Gasteiger partial charge in [-0.2, -0.15) is 0 Å². The van der Waals surface area contributed by atoms with Gasteiger partial charge in [0.2, 0.25) is 0 Å². The van der Waals surface area contributed by atoms with Crippen molar-refractivity contribution < 1.29 is 19.8 Å². The standard InChI is InChI=1S/C8H8.C6H6O4/c1-2-8-6-4-3-5-7-8;1-2-4(6(9)10)3-5(7)8/h2-7H,1H2;2-3H,1H2,(H,7,8)(H,9,10)/b;4-3-. The molecule has 0 aromatic heterocycles. The lowest BCUT2D eigenvalue weighted by Crippen LogP contribution is -2.00. The zero-order valence-corrected chi connectivity index (χ0v) is 9.74. The van der Waals surface area contributed by atoms with Crippen LogP contribution in [0, 0.1) is 0 Å². The summed E-state index contributed by atoms with van der Waals surface area (Å²) in [7, 11) is 0. The van der Waals surface area contributed by atoms with E-state index in [4.69, 9.17) is 10.2 Å². The number of hydrogen-bond acceptors (Lipinski definition) is 2. The molecule has 0 unspecified atom stereocenters. The number of benzene rings is 1. The Morgan fingerprint density at radius 2 is 1.61 bits per heavy atom. The lowest BCUT2D eigenvalue weighted by molar-refractivity contribution is -0.134. The molecule has 0 aliphatic heterocycles. The van der Waals surface area contributed by atoms with E-state index < -0.39 is 11.9 Å². The molecule has 0 fully saturated rings. The van der Waals surface area contributed by atoms with Crippen molar-refractivity contribution in [2.24, 2.45) is 0 Å². The van der Waals surface area contributed by atoms with E-state index in [1.165, 1.54) is 5.56 Å². The molecule has 0 saturated heterocycles. The third-order valence-electron chi connectivity index (χ3n) is 1.78. The van der Waals surface area contributed by atoms with Crippen molar-refractivity contribution in [1.82, 2.24) is 0 Å². The molecule has 1 aromatic rings. The molecule has 0 amide bonds. The molecule has 4 nitrogen and oxygen atoms in total. The molecule has 94 valence electrons. The summed E-state index contributed by atoms with van der Waals surface area (Å²) in [5, 5.41) is 16.3. The Kier molecular flexibility index (Phi) is 7.28. The van der Waals surface area contributed by atoms with Crippen LogP contribution in [0.15, 0.2) is 61.2 Å². The molecule has 0 bridgehead atoms. The fourth-order valence-electron chi connectivity index (χ4n) is 0.930. The Hall–Kier alpha value is -2.62. The third-order valence-corrected chi connectivity index (χ3v) is 1.78. The van der Waals surface area contributed by atoms with Gasteiger partial charge in [-0.05, 0) is 5.56 Å². The smallest absolute Gasteiger partial charge is 0.335 e. The first kappa shape index (κ1) is 15.4. The topological polar surface area (TPSA) is 74.6 Å². The first-order valence-corrected chi connectivity index (χ1v) is 4.99. The summed E-state index contributed by atoms with van der Waals surface area (Å²) in [6.45, 7) is 6.75. The summed E-state index contributed by atoms with van der Waals surface area (Å²) >= 11 is 0. The van der Waals surface area contributed by atoms with E-state index in [9.17, 15) is 9.59 Å². The van der Waals surface area contributed by atoms with Crippen LogP contribution in [0.5, 0.6) is 0 Å². The van der Waals surface area contributed by atoms with E-state index >= 15 is 0 Å². The zero-order chi connectivity index (χ0) is 14.0. The van der Waals surface area contributed by atoms with Gasteiger partial charge in [0.05, 0.1) is 5.57 Å². The van der Waals surface area contributed by atoms with Gasteiger partial charge >= 0.3 is 11.9 Å². The van der Waals surface area contributed by atoms with Crippen molar-refractivity contribution in [2.45, 2.75) is 0 Å². The highest BCUT2D eigenvalue weighted by Gasteiger charge is 2.03. The maximum Gasteiger partial charge on any atom is 0.335 e. The lowest BCUT2D eigenvalue weighted by atomic mass is 10.2. The Labute approximate surface area is 105 Å². The summed E-state index contributed by atoms with van der Waals surface area (Å²) in [5.41, 5.74) is 0.847. The molecule has 0 radical (unpaired) electrons. The zero-order valence-electron chi connectivity index (χ0n) is 9.74. The maximum absolute atomic E-state index is 10.1. The summed E-state index contributed by atoms with van der Waals surface area (Å²) in [4.78, 5) is 19.9. The van der Waals surface area contributed by atoms with Gasteiger partial charge in [0.25, 0.3) is 0 Å². The molecule has 18 heavy (non-hydrogen) atoms. The highest BCUT2D eigenvalue weighted by Crippen LogP contribution is 1.97. The largest absolute Gasteiger partial charge is 0.478 e. The molecule has 0 saturated carbocycles. The first-order chi connectivity index (χ1) is 8.51. The fourth-order valence-corrected chi connectivity index (χ4v) is 0.930. The van der Waals surface area contributed by atoms with Crippen molar-refractivity contribution >= 4 is 18.0 Å². The Morgan fingerprint density at radius 1 is 1.06 bits per heavy atom. The highest BCUT2D eigenvalue weighted by atomic mass is 16.4. The van der Waals surface area contributed by atoms with Crippen molar-refractivity contribution in [3.63, 3.8) is 0 Å². The Morgan fingerprint density at radius 3 is 1.83 bits per heavy atom. The minimum atomic E-state index is -1.29. The number of aliphatic carboxylic acids is 2. The third kappa shape index (κ3) is 6.79. The normalized spacial score (nSPS) is 9.67. The summed E-state index contributed by atoms with van der Waals surface area (Å²) in [6.07, 6.45) is 3.38. The van der Waals surface area contributed by atoms with E-state index in [0.29, 0.717) is 6.08 Å². The second-order valence-corrected chi connectivity index (χ2v) is 3.06. The number of hydrogen-bond donors (Lipinski definition) is 2.